The van der Waals surface area contributed by atoms with E-state index < -0.39 is 0 Å². The fourth-order valence-corrected chi connectivity index (χ4v) is 4.35. The molecular formula is C22H19FN6O2. The van der Waals surface area contributed by atoms with Crippen molar-refractivity contribution in [2.75, 3.05) is 11.9 Å². The second-order valence-corrected chi connectivity index (χ2v) is 7.85. The SMILES string of the molecule is Cc1cnc(-c2cc3c(n4cnnc24)NCc2c(F)ccc4c2CC(CO3)O4)c(C)n1. The number of pyridine rings is 1. The summed E-state index contributed by atoms with van der Waals surface area (Å²) in [6, 6.07) is 5.03. The number of fused-ring (bicyclic) bond motifs is 4. The first-order valence-electron chi connectivity index (χ1n) is 10.1. The van der Waals surface area contributed by atoms with Crippen LogP contribution in [-0.4, -0.2) is 37.3 Å². The van der Waals surface area contributed by atoms with E-state index in [0.717, 1.165) is 28.3 Å². The van der Waals surface area contributed by atoms with Crippen molar-refractivity contribution in [1.82, 2.24) is 24.6 Å². The van der Waals surface area contributed by atoms with Crippen molar-refractivity contribution >= 4 is 11.5 Å². The maximum atomic E-state index is 14.6. The van der Waals surface area contributed by atoms with E-state index in [2.05, 4.69) is 25.5 Å². The van der Waals surface area contributed by atoms with Gasteiger partial charge in [-0.05, 0) is 32.0 Å². The molecule has 2 bridgehead atoms. The van der Waals surface area contributed by atoms with Crippen LogP contribution in [0.1, 0.15) is 22.5 Å². The summed E-state index contributed by atoms with van der Waals surface area (Å²) < 4.78 is 28.6. The van der Waals surface area contributed by atoms with Crippen molar-refractivity contribution in [3.63, 3.8) is 0 Å². The number of ether oxygens (including phenoxy) is 2. The normalized spacial score (nSPS) is 16.9. The summed E-state index contributed by atoms with van der Waals surface area (Å²) in [6.07, 6.45) is 3.77. The number of nitrogens with one attached hydrogen (secondary N) is 1. The summed E-state index contributed by atoms with van der Waals surface area (Å²) in [5.41, 5.74) is 5.23. The summed E-state index contributed by atoms with van der Waals surface area (Å²) in [7, 11) is 0. The lowest BCUT2D eigenvalue weighted by atomic mass is 10.0. The first-order chi connectivity index (χ1) is 15.1. The van der Waals surface area contributed by atoms with Gasteiger partial charge < -0.3 is 14.8 Å². The molecule has 156 valence electrons. The van der Waals surface area contributed by atoms with Gasteiger partial charge in [0, 0.05) is 30.3 Å². The summed E-state index contributed by atoms with van der Waals surface area (Å²) >= 11 is 0. The van der Waals surface area contributed by atoms with Crippen LogP contribution in [0.15, 0.2) is 30.7 Å². The molecule has 1 atom stereocenters. The predicted octanol–water partition coefficient (Wildman–Crippen LogP) is 3.25. The maximum absolute atomic E-state index is 14.6. The van der Waals surface area contributed by atoms with E-state index >= 15 is 0 Å². The molecule has 1 aromatic carbocycles. The summed E-state index contributed by atoms with van der Waals surface area (Å²) in [5.74, 6) is 1.72. The zero-order valence-electron chi connectivity index (χ0n) is 17.0. The third-order valence-corrected chi connectivity index (χ3v) is 5.77. The fraction of sp³-hybridized carbons (Fsp3) is 0.273. The van der Waals surface area contributed by atoms with Gasteiger partial charge in [-0.15, -0.1) is 10.2 Å². The molecule has 3 aromatic heterocycles. The Balaban J connectivity index is 1.52. The molecule has 2 aliphatic rings. The van der Waals surface area contributed by atoms with Gasteiger partial charge in [-0.1, -0.05) is 0 Å². The Labute approximate surface area is 177 Å². The van der Waals surface area contributed by atoms with E-state index in [1.807, 2.05) is 24.3 Å². The molecule has 8 nitrogen and oxygen atoms in total. The molecule has 0 aliphatic carbocycles. The Hall–Kier alpha value is -3.75. The summed E-state index contributed by atoms with van der Waals surface area (Å²) in [4.78, 5) is 9.11. The highest BCUT2D eigenvalue weighted by Crippen LogP contribution is 2.38. The van der Waals surface area contributed by atoms with Crippen molar-refractivity contribution in [1.29, 1.82) is 0 Å². The fourth-order valence-electron chi connectivity index (χ4n) is 4.35. The number of rotatable bonds is 1. The van der Waals surface area contributed by atoms with E-state index in [4.69, 9.17) is 9.47 Å². The third kappa shape index (κ3) is 2.80. The second kappa shape index (κ2) is 6.63. The van der Waals surface area contributed by atoms with Crippen LogP contribution in [0.25, 0.3) is 16.9 Å². The van der Waals surface area contributed by atoms with Crippen molar-refractivity contribution < 1.29 is 13.9 Å². The molecule has 6 rings (SSSR count). The summed E-state index contributed by atoms with van der Waals surface area (Å²) in [6.45, 7) is 4.43. The smallest absolute Gasteiger partial charge is 0.171 e. The Morgan fingerprint density at radius 1 is 1.19 bits per heavy atom. The molecule has 31 heavy (non-hydrogen) atoms. The van der Waals surface area contributed by atoms with E-state index in [0.29, 0.717) is 41.5 Å². The zero-order valence-corrected chi connectivity index (χ0v) is 17.0. The average molecular weight is 418 g/mol. The quantitative estimate of drug-likeness (QED) is 0.508. The Bertz CT molecular complexity index is 1350. The lowest BCUT2D eigenvalue weighted by Crippen LogP contribution is -2.24. The molecule has 0 spiro atoms. The topological polar surface area (TPSA) is 86.5 Å². The Morgan fingerprint density at radius 2 is 2.10 bits per heavy atom. The highest BCUT2D eigenvalue weighted by molar-refractivity contribution is 5.81. The van der Waals surface area contributed by atoms with Crippen LogP contribution in [0.5, 0.6) is 11.5 Å². The van der Waals surface area contributed by atoms with Gasteiger partial charge in [-0.2, -0.15) is 0 Å². The van der Waals surface area contributed by atoms with Crippen LogP contribution in [0.3, 0.4) is 0 Å². The van der Waals surface area contributed by atoms with Gasteiger partial charge in [0.15, 0.2) is 17.2 Å². The Kier molecular flexibility index (Phi) is 3.86. The molecule has 4 aromatic rings. The van der Waals surface area contributed by atoms with Gasteiger partial charge in [-0.3, -0.25) is 14.4 Å². The van der Waals surface area contributed by atoms with E-state index in [-0.39, 0.29) is 18.5 Å². The van der Waals surface area contributed by atoms with Crippen molar-refractivity contribution in [2.24, 2.45) is 0 Å². The van der Waals surface area contributed by atoms with Crippen LogP contribution >= 0.6 is 0 Å². The lowest BCUT2D eigenvalue weighted by Gasteiger charge is -2.20. The van der Waals surface area contributed by atoms with Crippen LogP contribution in [0, 0.1) is 19.7 Å². The largest absolute Gasteiger partial charge is 0.486 e. The first kappa shape index (κ1) is 18.1. The number of anilines is 1. The molecule has 1 unspecified atom stereocenters. The molecule has 2 aliphatic heterocycles. The number of hydrogen-bond donors (Lipinski definition) is 1. The van der Waals surface area contributed by atoms with E-state index in [1.165, 1.54) is 6.07 Å². The van der Waals surface area contributed by atoms with Crippen LogP contribution in [0.4, 0.5) is 10.2 Å². The lowest BCUT2D eigenvalue weighted by molar-refractivity contribution is 0.148. The van der Waals surface area contributed by atoms with Gasteiger partial charge in [-0.25, -0.2) is 4.39 Å². The van der Waals surface area contributed by atoms with Crippen molar-refractivity contribution in [3.8, 4) is 22.8 Å². The minimum absolute atomic E-state index is 0.178. The molecule has 0 amide bonds. The number of aromatic nitrogens is 5. The Morgan fingerprint density at radius 3 is 2.97 bits per heavy atom. The summed E-state index contributed by atoms with van der Waals surface area (Å²) in [5, 5.41) is 11.7. The number of hydrogen-bond acceptors (Lipinski definition) is 7. The standard InChI is InChI=1S/C22H19FN6O2/c1-11-7-24-20(12(2)27-11)15-6-19-22(29-10-26-28-21(15)29)25-8-16-14-5-13(9-30-19)31-18(14)4-3-17(16)23/h3-4,6-7,10,13,25H,5,8-9H2,1-2H3. The second-order valence-electron chi connectivity index (χ2n) is 7.85. The van der Waals surface area contributed by atoms with Gasteiger partial charge in [0.2, 0.25) is 0 Å². The molecule has 9 heteroatoms. The molecule has 5 heterocycles. The molecule has 0 radical (unpaired) electrons. The third-order valence-electron chi connectivity index (χ3n) is 5.77. The van der Waals surface area contributed by atoms with Gasteiger partial charge in [0.1, 0.15) is 30.6 Å². The highest BCUT2D eigenvalue weighted by Gasteiger charge is 2.30. The molecule has 0 fully saturated rings. The first-order valence-corrected chi connectivity index (χ1v) is 10.1. The molecule has 1 N–H and O–H groups in total. The van der Waals surface area contributed by atoms with Crippen LogP contribution < -0.4 is 14.8 Å². The van der Waals surface area contributed by atoms with Gasteiger partial charge in [0.25, 0.3) is 0 Å². The molecular weight excluding hydrogens is 399 g/mol. The monoisotopic (exact) mass is 418 g/mol. The van der Waals surface area contributed by atoms with Gasteiger partial charge in [0.05, 0.1) is 22.6 Å². The average Bonchev–Trinajstić information content (AvgIpc) is 3.39. The van der Waals surface area contributed by atoms with Crippen molar-refractivity contribution in [3.05, 3.63) is 59.1 Å². The van der Waals surface area contributed by atoms with E-state index in [1.54, 1.807) is 18.6 Å². The molecule has 0 saturated carbocycles. The van der Waals surface area contributed by atoms with Crippen molar-refractivity contribution in [2.45, 2.75) is 32.9 Å². The minimum atomic E-state index is -0.249. The predicted molar refractivity (Wildman–Crippen MR) is 111 cm³/mol. The van der Waals surface area contributed by atoms with Gasteiger partial charge >= 0.3 is 0 Å². The minimum Gasteiger partial charge on any atom is -0.486 e. The number of halogens is 1. The maximum Gasteiger partial charge on any atom is 0.171 e. The number of aryl methyl sites for hydroxylation is 2. The van der Waals surface area contributed by atoms with Crippen LogP contribution in [-0.2, 0) is 13.0 Å². The van der Waals surface area contributed by atoms with Crippen LogP contribution in [0.2, 0.25) is 0 Å². The zero-order chi connectivity index (χ0) is 21.1. The number of nitrogens with zero attached hydrogens (tertiary/aromatic N) is 5. The highest BCUT2D eigenvalue weighted by atomic mass is 19.1. The molecule has 0 saturated heterocycles. The number of benzene rings is 1. The van der Waals surface area contributed by atoms with E-state index in [9.17, 15) is 4.39 Å².